The van der Waals surface area contributed by atoms with Gasteiger partial charge in [0.25, 0.3) is 5.91 Å². The molecule has 22 heavy (non-hydrogen) atoms. The van der Waals surface area contributed by atoms with E-state index in [2.05, 4.69) is 11.8 Å². The molecule has 2 aromatic carbocycles. The highest BCUT2D eigenvalue weighted by atomic mass is 19.2. The van der Waals surface area contributed by atoms with E-state index in [-0.39, 0.29) is 12.2 Å². The topological polar surface area (TPSA) is 38.3 Å². The normalized spacial score (nSPS) is 9.77. The maximum absolute atomic E-state index is 13.0. The maximum atomic E-state index is 13.0. The number of carbonyl (C=O) groups is 1. The van der Waals surface area contributed by atoms with Gasteiger partial charge in [0, 0.05) is 11.1 Å². The summed E-state index contributed by atoms with van der Waals surface area (Å²) in [6, 6.07) is 8.41. The van der Waals surface area contributed by atoms with E-state index >= 15 is 0 Å². The molecule has 0 heterocycles. The lowest BCUT2D eigenvalue weighted by Crippen LogP contribution is -2.24. The fourth-order valence-corrected chi connectivity index (χ4v) is 1.54. The average molecular weight is 305 g/mol. The Morgan fingerprint density at radius 1 is 1.09 bits per heavy atom. The Morgan fingerprint density at radius 2 is 1.91 bits per heavy atom. The summed E-state index contributed by atoms with van der Waals surface area (Å²) in [5, 5.41) is 0. The summed E-state index contributed by atoms with van der Waals surface area (Å²) >= 11 is 0. The summed E-state index contributed by atoms with van der Waals surface area (Å²) in [5.74, 6) is 1.91. The summed E-state index contributed by atoms with van der Waals surface area (Å²) in [7, 11) is 0. The molecule has 1 amide bonds. The first-order valence-corrected chi connectivity index (χ1v) is 6.18. The average Bonchev–Trinajstić information content (AvgIpc) is 2.49. The number of carbonyl (C=O) groups excluding carboxylic acids is 1. The van der Waals surface area contributed by atoms with Crippen LogP contribution in [0, 0.1) is 29.3 Å². The predicted molar refractivity (Wildman–Crippen MR) is 73.1 cm³/mol. The fourth-order valence-electron chi connectivity index (χ4n) is 1.54. The Hall–Kier alpha value is -2.78. The van der Waals surface area contributed by atoms with Crippen LogP contribution in [0.1, 0.15) is 15.9 Å². The van der Waals surface area contributed by atoms with E-state index in [9.17, 15) is 18.0 Å². The van der Waals surface area contributed by atoms with Crippen molar-refractivity contribution in [3.63, 3.8) is 0 Å². The lowest BCUT2D eigenvalue weighted by atomic mass is 10.2. The molecule has 1 N–H and O–H groups in total. The van der Waals surface area contributed by atoms with Crippen LogP contribution >= 0.6 is 0 Å². The third kappa shape index (κ3) is 4.36. The molecule has 2 aromatic rings. The number of halogens is 3. The molecule has 0 aliphatic carbocycles. The van der Waals surface area contributed by atoms with Crippen molar-refractivity contribution >= 4 is 5.91 Å². The first kappa shape index (κ1) is 15.6. The zero-order valence-corrected chi connectivity index (χ0v) is 11.2. The molecule has 0 saturated heterocycles. The predicted octanol–water partition coefficient (Wildman–Crippen LogP) is 2.82. The number of rotatable bonds is 3. The van der Waals surface area contributed by atoms with E-state index in [1.807, 2.05) is 5.48 Å². The first-order valence-electron chi connectivity index (χ1n) is 6.18. The van der Waals surface area contributed by atoms with Gasteiger partial charge in [-0.05, 0) is 36.4 Å². The van der Waals surface area contributed by atoms with Gasteiger partial charge in [-0.3, -0.25) is 9.63 Å². The van der Waals surface area contributed by atoms with Gasteiger partial charge < -0.3 is 0 Å². The van der Waals surface area contributed by atoms with Crippen LogP contribution in [0.25, 0.3) is 0 Å². The van der Waals surface area contributed by atoms with Crippen molar-refractivity contribution in [2.75, 3.05) is 6.61 Å². The standard InChI is InChI=1S/C16H10F3NO2/c17-13-5-1-3-11(9-13)4-2-8-22-20-16(21)12-6-7-14(18)15(19)10-12/h1,3,5-7,9-10H,8H2,(H,20,21). The van der Waals surface area contributed by atoms with Crippen LogP contribution in [-0.4, -0.2) is 12.5 Å². The quantitative estimate of drug-likeness (QED) is 0.538. The molecule has 0 fully saturated rings. The first-order chi connectivity index (χ1) is 10.6. The highest BCUT2D eigenvalue weighted by molar-refractivity contribution is 5.93. The Bertz CT molecular complexity index is 751. The number of hydrogen-bond donors (Lipinski definition) is 1. The largest absolute Gasteiger partial charge is 0.274 e. The molecule has 0 unspecified atom stereocenters. The fraction of sp³-hybridized carbons (Fsp3) is 0.0625. The van der Waals surface area contributed by atoms with E-state index in [1.54, 1.807) is 6.07 Å². The van der Waals surface area contributed by atoms with Gasteiger partial charge in [-0.1, -0.05) is 17.9 Å². The number of benzene rings is 2. The second kappa shape index (κ2) is 7.29. The summed E-state index contributed by atoms with van der Waals surface area (Å²) < 4.78 is 38.6. The molecule has 0 aromatic heterocycles. The molecule has 2 rings (SSSR count). The van der Waals surface area contributed by atoms with Gasteiger partial charge >= 0.3 is 0 Å². The number of hydrogen-bond acceptors (Lipinski definition) is 2. The second-order valence-electron chi connectivity index (χ2n) is 4.16. The van der Waals surface area contributed by atoms with Crippen molar-refractivity contribution in [1.29, 1.82) is 0 Å². The molecule has 0 saturated carbocycles. The molecule has 112 valence electrons. The molecule has 3 nitrogen and oxygen atoms in total. The van der Waals surface area contributed by atoms with Crippen molar-refractivity contribution < 1.29 is 22.8 Å². The van der Waals surface area contributed by atoms with Crippen LogP contribution in [0.3, 0.4) is 0 Å². The Morgan fingerprint density at radius 3 is 2.64 bits per heavy atom. The summed E-state index contributed by atoms with van der Waals surface area (Å²) in [4.78, 5) is 16.4. The van der Waals surface area contributed by atoms with Gasteiger partial charge in [0.2, 0.25) is 0 Å². The minimum Gasteiger partial charge on any atom is -0.267 e. The molecular formula is C16H10F3NO2. The summed E-state index contributed by atoms with van der Waals surface area (Å²) in [5.41, 5.74) is 2.42. The molecular weight excluding hydrogens is 295 g/mol. The Labute approximate surface area is 124 Å². The van der Waals surface area contributed by atoms with Crippen LogP contribution in [-0.2, 0) is 4.84 Å². The smallest absolute Gasteiger partial charge is 0.267 e. The molecule has 0 spiro atoms. The summed E-state index contributed by atoms with van der Waals surface area (Å²) in [6.07, 6.45) is 0. The van der Waals surface area contributed by atoms with Crippen molar-refractivity contribution in [3.05, 3.63) is 71.0 Å². The number of nitrogens with one attached hydrogen (secondary N) is 1. The van der Waals surface area contributed by atoms with Gasteiger partial charge in [-0.15, -0.1) is 0 Å². The van der Waals surface area contributed by atoms with Gasteiger partial charge in [-0.2, -0.15) is 0 Å². The van der Waals surface area contributed by atoms with Crippen molar-refractivity contribution in [1.82, 2.24) is 5.48 Å². The van der Waals surface area contributed by atoms with E-state index in [0.29, 0.717) is 5.56 Å². The van der Waals surface area contributed by atoms with E-state index in [1.165, 1.54) is 18.2 Å². The molecule has 0 aliphatic heterocycles. The van der Waals surface area contributed by atoms with Crippen molar-refractivity contribution in [3.8, 4) is 11.8 Å². The van der Waals surface area contributed by atoms with Gasteiger partial charge in [0.15, 0.2) is 11.6 Å². The maximum Gasteiger partial charge on any atom is 0.274 e. The lowest BCUT2D eigenvalue weighted by Gasteiger charge is -2.03. The zero-order chi connectivity index (χ0) is 15.9. The molecule has 0 bridgehead atoms. The van der Waals surface area contributed by atoms with Gasteiger partial charge in [0.05, 0.1) is 0 Å². The molecule has 0 radical (unpaired) electrons. The van der Waals surface area contributed by atoms with Crippen LogP contribution in [0.5, 0.6) is 0 Å². The van der Waals surface area contributed by atoms with E-state index in [4.69, 9.17) is 4.84 Å². The van der Waals surface area contributed by atoms with E-state index < -0.39 is 23.4 Å². The van der Waals surface area contributed by atoms with Gasteiger partial charge in [0.1, 0.15) is 12.4 Å². The number of hydroxylamine groups is 1. The molecule has 6 heteroatoms. The van der Waals surface area contributed by atoms with Crippen molar-refractivity contribution in [2.24, 2.45) is 0 Å². The summed E-state index contributed by atoms with van der Waals surface area (Å²) in [6.45, 7) is -0.147. The Kier molecular flexibility index (Phi) is 5.17. The lowest BCUT2D eigenvalue weighted by molar-refractivity contribution is 0.0437. The minimum absolute atomic E-state index is 0.0861. The van der Waals surface area contributed by atoms with Crippen LogP contribution in [0.15, 0.2) is 42.5 Å². The molecule has 0 aliphatic rings. The van der Waals surface area contributed by atoms with Gasteiger partial charge in [-0.25, -0.2) is 18.7 Å². The SMILES string of the molecule is O=C(NOCC#Cc1cccc(F)c1)c1ccc(F)c(F)c1. The van der Waals surface area contributed by atoms with E-state index in [0.717, 1.165) is 18.2 Å². The van der Waals surface area contributed by atoms with Crippen molar-refractivity contribution in [2.45, 2.75) is 0 Å². The van der Waals surface area contributed by atoms with Crippen LogP contribution in [0.2, 0.25) is 0 Å². The monoisotopic (exact) mass is 305 g/mol. The Balaban J connectivity index is 1.84. The second-order valence-corrected chi connectivity index (χ2v) is 4.16. The third-order valence-corrected chi connectivity index (χ3v) is 2.55. The third-order valence-electron chi connectivity index (χ3n) is 2.55. The molecule has 0 atom stereocenters. The highest BCUT2D eigenvalue weighted by Gasteiger charge is 2.09. The van der Waals surface area contributed by atoms with Crippen LogP contribution < -0.4 is 5.48 Å². The van der Waals surface area contributed by atoms with Crippen LogP contribution in [0.4, 0.5) is 13.2 Å². The minimum atomic E-state index is -1.13. The highest BCUT2D eigenvalue weighted by Crippen LogP contribution is 2.08. The zero-order valence-electron chi connectivity index (χ0n) is 11.2. The number of amides is 1.